The van der Waals surface area contributed by atoms with E-state index in [0.29, 0.717) is 29.2 Å². The number of amides is 1. The van der Waals surface area contributed by atoms with Gasteiger partial charge in [-0.05, 0) is 48.4 Å². The van der Waals surface area contributed by atoms with Crippen molar-refractivity contribution in [2.75, 3.05) is 19.7 Å². The van der Waals surface area contributed by atoms with Crippen LogP contribution in [-0.4, -0.2) is 41.6 Å². The summed E-state index contributed by atoms with van der Waals surface area (Å²) in [7, 11) is 0. The number of aliphatic carboxylic acids is 1. The molecule has 160 valence electrons. The fraction of sp³-hybridized carbons (Fsp3) is 0.167. The number of para-hydroxylation sites is 3. The predicted molar refractivity (Wildman–Crippen MR) is 113 cm³/mol. The quantitative estimate of drug-likeness (QED) is 0.530. The Bertz CT molecular complexity index is 1030. The van der Waals surface area contributed by atoms with Crippen molar-refractivity contribution >= 4 is 11.9 Å². The van der Waals surface area contributed by atoms with Gasteiger partial charge in [0.2, 0.25) is 0 Å². The second-order valence-corrected chi connectivity index (χ2v) is 6.74. The monoisotopic (exact) mass is 423 g/mol. The van der Waals surface area contributed by atoms with Gasteiger partial charge in [-0.2, -0.15) is 0 Å². The van der Waals surface area contributed by atoms with Crippen LogP contribution in [0.15, 0.2) is 78.9 Å². The summed E-state index contributed by atoms with van der Waals surface area (Å²) in [6, 6.07) is 22.0. The minimum atomic E-state index is -1.14. The van der Waals surface area contributed by atoms with E-state index in [1.54, 1.807) is 48.5 Å². The maximum absolute atomic E-state index is 13.4. The Morgan fingerprint density at radius 1 is 0.903 bits per heavy atom. The topological polar surface area (TPSA) is 76.1 Å². The molecule has 0 aliphatic rings. The molecule has 0 saturated carbocycles. The smallest absolute Gasteiger partial charge is 0.323 e. The molecule has 3 rings (SSSR count). The third kappa shape index (κ3) is 6.85. The molecule has 0 radical (unpaired) electrons. The molecule has 0 aliphatic heterocycles. The molecule has 0 aliphatic carbocycles. The first-order valence-corrected chi connectivity index (χ1v) is 9.70. The van der Waals surface area contributed by atoms with E-state index in [1.165, 1.54) is 17.0 Å². The maximum atomic E-state index is 13.4. The second kappa shape index (κ2) is 10.8. The van der Waals surface area contributed by atoms with Gasteiger partial charge in [0.15, 0.2) is 18.1 Å². The molecule has 1 amide bonds. The van der Waals surface area contributed by atoms with Crippen LogP contribution in [0.25, 0.3) is 0 Å². The molecule has 0 unspecified atom stereocenters. The van der Waals surface area contributed by atoms with Crippen molar-refractivity contribution in [3.8, 4) is 17.2 Å². The molecule has 0 aromatic heterocycles. The van der Waals surface area contributed by atoms with Crippen LogP contribution in [0.2, 0.25) is 0 Å². The predicted octanol–water partition coefficient (Wildman–Crippen LogP) is 4.15. The average Bonchev–Trinajstić information content (AvgIpc) is 2.76. The molecule has 31 heavy (non-hydrogen) atoms. The van der Waals surface area contributed by atoms with E-state index in [0.717, 1.165) is 0 Å². The first kappa shape index (κ1) is 21.8. The number of ether oxygens (including phenoxy) is 2. The Morgan fingerprint density at radius 3 is 2.32 bits per heavy atom. The molecule has 6 nitrogen and oxygen atoms in total. The highest BCUT2D eigenvalue weighted by Crippen LogP contribution is 2.31. The zero-order chi connectivity index (χ0) is 22.1. The standard InChI is InChI=1S/C24H22FNO5/c25-19-8-6-7-18(15-19)13-14-26(16-24(28)29)23(27)17-30-21-11-4-5-12-22(21)31-20-9-2-1-3-10-20/h1-12,15H,13-14,16-17H2,(H,28,29). The molecular formula is C24H22FNO5. The molecule has 0 spiro atoms. The molecular weight excluding hydrogens is 401 g/mol. The average molecular weight is 423 g/mol. The Kier molecular flexibility index (Phi) is 7.59. The van der Waals surface area contributed by atoms with Gasteiger partial charge in [-0.15, -0.1) is 0 Å². The minimum Gasteiger partial charge on any atom is -0.480 e. The molecule has 0 bridgehead atoms. The summed E-state index contributed by atoms with van der Waals surface area (Å²) in [5.41, 5.74) is 0.672. The zero-order valence-electron chi connectivity index (χ0n) is 16.7. The highest BCUT2D eigenvalue weighted by atomic mass is 19.1. The van der Waals surface area contributed by atoms with Gasteiger partial charge in [0.1, 0.15) is 18.1 Å². The van der Waals surface area contributed by atoms with E-state index >= 15 is 0 Å². The van der Waals surface area contributed by atoms with Crippen LogP contribution in [0, 0.1) is 5.82 Å². The lowest BCUT2D eigenvalue weighted by Gasteiger charge is -2.21. The van der Waals surface area contributed by atoms with E-state index in [1.807, 2.05) is 18.2 Å². The summed E-state index contributed by atoms with van der Waals surface area (Å²) in [4.78, 5) is 25.0. The number of nitrogens with zero attached hydrogens (tertiary/aromatic N) is 1. The number of hydrogen-bond donors (Lipinski definition) is 1. The van der Waals surface area contributed by atoms with Crippen molar-refractivity contribution in [1.29, 1.82) is 0 Å². The van der Waals surface area contributed by atoms with Crippen molar-refractivity contribution < 1.29 is 28.6 Å². The molecule has 0 saturated heterocycles. The third-order valence-corrected chi connectivity index (χ3v) is 4.41. The maximum Gasteiger partial charge on any atom is 0.323 e. The lowest BCUT2D eigenvalue weighted by molar-refractivity contribution is -0.145. The van der Waals surface area contributed by atoms with Crippen molar-refractivity contribution in [2.24, 2.45) is 0 Å². The van der Waals surface area contributed by atoms with Gasteiger partial charge >= 0.3 is 5.97 Å². The van der Waals surface area contributed by atoms with Gasteiger partial charge in [0.25, 0.3) is 5.91 Å². The molecule has 0 heterocycles. The molecule has 0 atom stereocenters. The molecule has 0 fully saturated rings. The Labute approximate surface area is 179 Å². The van der Waals surface area contributed by atoms with Gasteiger partial charge in [-0.3, -0.25) is 9.59 Å². The molecule has 7 heteroatoms. The van der Waals surface area contributed by atoms with Gasteiger partial charge in [-0.1, -0.05) is 42.5 Å². The normalized spacial score (nSPS) is 10.4. The van der Waals surface area contributed by atoms with E-state index in [2.05, 4.69) is 0 Å². The van der Waals surface area contributed by atoms with E-state index in [4.69, 9.17) is 14.6 Å². The van der Waals surface area contributed by atoms with Gasteiger partial charge in [-0.25, -0.2) is 4.39 Å². The first-order chi connectivity index (χ1) is 15.0. The Morgan fingerprint density at radius 2 is 1.61 bits per heavy atom. The number of halogens is 1. The minimum absolute atomic E-state index is 0.125. The summed E-state index contributed by atoms with van der Waals surface area (Å²) in [6.45, 7) is -0.703. The third-order valence-electron chi connectivity index (χ3n) is 4.41. The van der Waals surface area contributed by atoms with Crippen molar-refractivity contribution in [3.63, 3.8) is 0 Å². The number of benzene rings is 3. The van der Waals surface area contributed by atoms with Crippen molar-refractivity contribution in [3.05, 3.63) is 90.2 Å². The van der Waals surface area contributed by atoms with Crippen molar-refractivity contribution in [2.45, 2.75) is 6.42 Å². The summed E-state index contributed by atoms with van der Waals surface area (Å²) < 4.78 is 24.8. The number of rotatable bonds is 10. The Hall–Kier alpha value is -3.87. The summed E-state index contributed by atoms with van der Waals surface area (Å²) in [5.74, 6) is -0.598. The summed E-state index contributed by atoms with van der Waals surface area (Å²) >= 11 is 0. The van der Waals surface area contributed by atoms with Crippen LogP contribution in [-0.2, 0) is 16.0 Å². The largest absolute Gasteiger partial charge is 0.480 e. The highest BCUT2D eigenvalue weighted by Gasteiger charge is 2.18. The highest BCUT2D eigenvalue weighted by molar-refractivity contribution is 5.82. The van der Waals surface area contributed by atoms with Gasteiger partial charge < -0.3 is 19.5 Å². The van der Waals surface area contributed by atoms with Crippen molar-refractivity contribution in [1.82, 2.24) is 4.90 Å². The first-order valence-electron chi connectivity index (χ1n) is 9.70. The Balaban J connectivity index is 1.63. The SMILES string of the molecule is O=C(O)CN(CCc1cccc(F)c1)C(=O)COc1ccccc1Oc1ccccc1. The fourth-order valence-electron chi connectivity index (χ4n) is 2.91. The van der Waals surface area contributed by atoms with Crippen LogP contribution in [0.5, 0.6) is 17.2 Å². The lowest BCUT2D eigenvalue weighted by atomic mass is 10.1. The number of carbonyl (C=O) groups excluding carboxylic acids is 1. The fourth-order valence-corrected chi connectivity index (χ4v) is 2.91. The molecule has 3 aromatic carbocycles. The van der Waals surface area contributed by atoms with Crippen LogP contribution >= 0.6 is 0 Å². The van der Waals surface area contributed by atoms with Crippen LogP contribution in [0.4, 0.5) is 4.39 Å². The zero-order valence-corrected chi connectivity index (χ0v) is 16.7. The van der Waals surface area contributed by atoms with Gasteiger partial charge in [0.05, 0.1) is 0 Å². The molecule has 3 aromatic rings. The number of carbonyl (C=O) groups is 2. The van der Waals surface area contributed by atoms with Gasteiger partial charge in [0, 0.05) is 6.54 Å². The molecule has 1 N–H and O–H groups in total. The van der Waals surface area contributed by atoms with E-state index in [9.17, 15) is 14.0 Å². The van der Waals surface area contributed by atoms with E-state index < -0.39 is 18.4 Å². The number of carboxylic acids is 1. The van der Waals surface area contributed by atoms with Crippen LogP contribution < -0.4 is 9.47 Å². The summed E-state index contributed by atoms with van der Waals surface area (Å²) in [5, 5.41) is 9.15. The lowest BCUT2D eigenvalue weighted by Crippen LogP contribution is -2.40. The van der Waals surface area contributed by atoms with E-state index in [-0.39, 0.29) is 19.0 Å². The second-order valence-electron chi connectivity index (χ2n) is 6.74. The number of carboxylic acid groups (broad SMARTS) is 1. The van der Waals surface area contributed by atoms with Crippen LogP contribution in [0.3, 0.4) is 0 Å². The summed E-state index contributed by atoms with van der Waals surface area (Å²) in [6.07, 6.45) is 0.324. The number of hydrogen-bond acceptors (Lipinski definition) is 4. The van der Waals surface area contributed by atoms with Crippen LogP contribution in [0.1, 0.15) is 5.56 Å².